The number of nitrogens with one attached hydrogen (secondary N) is 1. The number of likely N-dealkylation sites (tertiary alicyclic amines) is 1. The van der Waals surface area contributed by atoms with Crippen molar-refractivity contribution in [3.8, 4) is 16.2 Å². The first-order chi connectivity index (χ1) is 37.2. The number of aliphatic hydroxyl groups is 1. The van der Waals surface area contributed by atoms with E-state index in [-0.39, 0.29) is 49.4 Å². The second-order valence-corrected chi connectivity index (χ2v) is 27.3. The van der Waals surface area contributed by atoms with Crippen molar-refractivity contribution in [2.24, 2.45) is 11.3 Å². The number of aromatic nitrogens is 3. The third kappa shape index (κ3) is 15.0. The van der Waals surface area contributed by atoms with Crippen LogP contribution in [0.4, 0.5) is 5.69 Å². The molecular formula is C60H78ClN8O7PS. The molecule has 18 heteroatoms. The number of rotatable bonds is 21. The predicted molar refractivity (Wildman–Crippen MR) is 310 cm³/mol. The molecule has 15 nitrogen and oxygen atoms in total. The fourth-order valence-corrected chi connectivity index (χ4v) is 13.5. The first-order valence-corrected chi connectivity index (χ1v) is 31.5. The number of β-amino-alcohol motifs (C(OH)–C–C–N with tert-alkyl or cyclic N) is 1. The average Bonchev–Trinajstić information content (AvgIpc) is 4.08. The summed E-state index contributed by atoms with van der Waals surface area (Å²) in [4.78, 5) is 77.8. The minimum absolute atomic E-state index is 0.00953. The first-order valence-electron chi connectivity index (χ1n) is 27.6. The van der Waals surface area contributed by atoms with Crippen LogP contribution in [0.1, 0.15) is 112 Å². The fourth-order valence-electron chi connectivity index (χ4n) is 11.3. The van der Waals surface area contributed by atoms with Crippen molar-refractivity contribution in [1.29, 1.82) is 0 Å². The van der Waals surface area contributed by atoms with Crippen LogP contribution in [0.25, 0.3) is 10.4 Å². The number of piperidine rings is 1. The number of thiazole rings is 1. The number of hydrogen-bond donors (Lipinski definition) is 2. The molecule has 0 unspecified atom stereocenters. The highest BCUT2D eigenvalue weighted by Crippen LogP contribution is 2.38. The molecule has 0 saturated carbocycles. The summed E-state index contributed by atoms with van der Waals surface area (Å²) < 4.78 is 18.9. The number of nitrogens with zero attached hydrogens (tertiary/aromatic N) is 7. The summed E-state index contributed by atoms with van der Waals surface area (Å²) >= 11 is 8.18. The van der Waals surface area contributed by atoms with E-state index in [4.69, 9.17) is 21.3 Å². The van der Waals surface area contributed by atoms with Crippen LogP contribution in [0, 0.1) is 18.3 Å². The van der Waals surface area contributed by atoms with Crippen LogP contribution in [-0.4, -0.2) is 143 Å². The molecule has 3 saturated heterocycles. The van der Waals surface area contributed by atoms with Crippen molar-refractivity contribution in [2.45, 2.75) is 123 Å². The third-order valence-corrected chi connectivity index (χ3v) is 18.7. The predicted octanol–water partition coefficient (Wildman–Crippen LogP) is 8.96. The molecule has 3 atom stereocenters. The SMILES string of the molecule is COc1cc(N2CCC(N3CCN(C(=O)CCCCCC(=O)C[C@H](C(=O)N4C[C@H](O)C[C@H]4C(=O)NCc4ccc(-c5scnc5C)cc4)C(C)(C)C)CC3)CC2)ccc1Cc1ncc(Cl)c(Cc2ccccc2P(C)(C)=O)n1. The second kappa shape index (κ2) is 26.2. The van der Waals surface area contributed by atoms with Crippen LogP contribution in [-0.2, 0) is 43.1 Å². The number of carbonyl (C=O) groups is 4. The number of Topliss-reactive ketones (excluding diaryl/α,β-unsaturated/α-hetero) is 1. The number of aryl methyl sites for hydroxylation is 1. The van der Waals surface area contributed by atoms with Crippen molar-refractivity contribution in [3.63, 3.8) is 0 Å². The van der Waals surface area contributed by atoms with E-state index < -0.39 is 30.6 Å². The molecule has 3 aliphatic heterocycles. The van der Waals surface area contributed by atoms with Gasteiger partial charge in [0.1, 0.15) is 30.5 Å². The highest BCUT2D eigenvalue weighted by atomic mass is 35.5. The molecule has 0 spiro atoms. The number of halogens is 1. The Labute approximate surface area is 469 Å². The van der Waals surface area contributed by atoms with Gasteiger partial charge in [-0.25, -0.2) is 15.0 Å². The van der Waals surface area contributed by atoms with Gasteiger partial charge < -0.3 is 34.4 Å². The number of unbranched alkanes of at least 4 members (excludes halogenated alkanes) is 2. The molecule has 3 fully saturated rings. The molecule has 0 bridgehead atoms. The molecule has 5 heterocycles. The molecule has 5 aromatic rings. The number of carbonyl (C=O) groups excluding carboxylic acids is 4. The summed E-state index contributed by atoms with van der Waals surface area (Å²) in [6, 6.07) is 21.7. The molecule has 418 valence electrons. The van der Waals surface area contributed by atoms with Crippen molar-refractivity contribution >= 4 is 64.6 Å². The second-order valence-electron chi connectivity index (χ2n) is 22.8. The summed E-state index contributed by atoms with van der Waals surface area (Å²) in [5.41, 5.74) is 7.97. The quantitative estimate of drug-likeness (QED) is 0.0527. The minimum atomic E-state index is -2.49. The average molecular weight is 1120 g/mol. The summed E-state index contributed by atoms with van der Waals surface area (Å²) in [7, 11) is -0.802. The van der Waals surface area contributed by atoms with E-state index in [1.54, 1.807) is 38.0 Å². The molecular weight excluding hydrogens is 1040 g/mol. The largest absolute Gasteiger partial charge is 0.496 e. The number of benzene rings is 3. The van der Waals surface area contributed by atoms with Gasteiger partial charge in [-0.05, 0) is 74.1 Å². The normalized spacial score (nSPS) is 18.0. The van der Waals surface area contributed by atoms with Gasteiger partial charge in [-0.3, -0.25) is 24.1 Å². The van der Waals surface area contributed by atoms with Gasteiger partial charge in [0.2, 0.25) is 17.7 Å². The zero-order valence-electron chi connectivity index (χ0n) is 46.5. The van der Waals surface area contributed by atoms with Crippen LogP contribution in [0.2, 0.25) is 5.02 Å². The van der Waals surface area contributed by atoms with Gasteiger partial charge >= 0.3 is 0 Å². The summed E-state index contributed by atoms with van der Waals surface area (Å²) in [5.74, 6) is 0.313. The van der Waals surface area contributed by atoms with E-state index in [9.17, 15) is 28.8 Å². The van der Waals surface area contributed by atoms with Crippen molar-refractivity contribution in [2.75, 3.05) is 71.2 Å². The zero-order valence-corrected chi connectivity index (χ0v) is 49.0. The van der Waals surface area contributed by atoms with E-state index in [1.165, 1.54) is 4.90 Å². The number of ketones is 1. The Balaban J connectivity index is 0.731. The molecule has 3 aliphatic rings. The summed E-state index contributed by atoms with van der Waals surface area (Å²) in [6.07, 6.45) is 6.87. The lowest BCUT2D eigenvalue weighted by Gasteiger charge is -2.43. The van der Waals surface area contributed by atoms with Gasteiger partial charge in [-0.2, -0.15) is 0 Å². The van der Waals surface area contributed by atoms with Crippen molar-refractivity contribution in [3.05, 3.63) is 117 Å². The first kappa shape index (κ1) is 58.6. The van der Waals surface area contributed by atoms with Gasteiger partial charge in [0.05, 0.1) is 40.0 Å². The number of anilines is 1. The van der Waals surface area contributed by atoms with Crippen LogP contribution >= 0.6 is 30.1 Å². The Bertz CT molecular complexity index is 2940. The lowest BCUT2D eigenvalue weighted by molar-refractivity contribution is -0.146. The molecule has 2 aromatic heterocycles. The Morgan fingerprint density at radius 2 is 1.62 bits per heavy atom. The van der Waals surface area contributed by atoms with Gasteiger partial charge in [0.25, 0.3) is 0 Å². The highest BCUT2D eigenvalue weighted by Gasteiger charge is 2.44. The molecule has 2 N–H and O–H groups in total. The molecule has 78 heavy (non-hydrogen) atoms. The molecule has 0 aliphatic carbocycles. The van der Waals surface area contributed by atoms with Crippen molar-refractivity contribution in [1.82, 2.24) is 35.0 Å². The molecule has 3 aromatic carbocycles. The number of hydrogen-bond acceptors (Lipinski definition) is 13. The fraction of sp³-hybridized carbons (Fsp3) is 0.517. The van der Waals surface area contributed by atoms with E-state index in [2.05, 4.69) is 43.3 Å². The topological polar surface area (TPSA) is 178 Å². The highest BCUT2D eigenvalue weighted by molar-refractivity contribution is 7.70. The zero-order chi connectivity index (χ0) is 55.7. The van der Waals surface area contributed by atoms with E-state index in [0.717, 1.165) is 95.0 Å². The molecule has 0 radical (unpaired) electrons. The Morgan fingerprint density at radius 1 is 0.897 bits per heavy atom. The smallest absolute Gasteiger partial charge is 0.243 e. The Morgan fingerprint density at radius 3 is 2.29 bits per heavy atom. The molecule has 8 rings (SSSR count). The van der Waals surface area contributed by atoms with E-state index >= 15 is 0 Å². The van der Waals surface area contributed by atoms with Crippen LogP contribution in [0.3, 0.4) is 0 Å². The van der Waals surface area contributed by atoms with Crippen LogP contribution < -0.4 is 20.3 Å². The number of methoxy groups -OCH3 is 1. The van der Waals surface area contributed by atoms with E-state index in [1.807, 2.05) is 86.6 Å². The molecule has 3 amide bonds. The summed E-state index contributed by atoms with van der Waals surface area (Å²) in [6.45, 7) is 16.7. The lowest BCUT2D eigenvalue weighted by atomic mass is 9.76. The van der Waals surface area contributed by atoms with Crippen LogP contribution in [0.5, 0.6) is 5.75 Å². The summed E-state index contributed by atoms with van der Waals surface area (Å²) in [5, 5.41) is 15.0. The van der Waals surface area contributed by atoms with E-state index in [0.29, 0.717) is 74.2 Å². The maximum absolute atomic E-state index is 14.2. The number of ether oxygens (including phenoxy) is 1. The van der Waals surface area contributed by atoms with Gasteiger partial charge in [-0.15, -0.1) is 11.3 Å². The minimum Gasteiger partial charge on any atom is -0.496 e. The number of amides is 3. The van der Waals surface area contributed by atoms with Crippen molar-refractivity contribution < 1.29 is 33.6 Å². The Kier molecular flexibility index (Phi) is 19.7. The van der Waals surface area contributed by atoms with Gasteiger partial charge in [0, 0.05) is 132 Å². The monoisotopic (exact) mass is 1120 g/mol. The number of piperazine rings is 1. The van der Waals surface area contributed by atoms with Gasteiger partial charge in [-0.1, -0.05) is 93.4 Å². The lowest BCUT2D eigenvalue weighted by Crippen LogP contribution is -2.54. The number of aliphatic hydroxyl groups excluding tert-OH is 1. The van der Waals surface area contributed by atoms with Crippen LogP contribution in [0.15, 0.2) is 78.4 Å². The van der Waals surface area contributed by atoms with Gasteiger partial charge in [0.15, 0.2) is 0 Å². The third-order valence-electron chi connectivity index (χ3n) is 15.8. The maximum Gasteiger partial charge on any atom is 0.243 e. The standard InChI is InChI=1S/C60H78ClN8O7PS/c1-40-57(78-39-64-40)42-19-17-41(18-20-42)36-63-58(73)52-35-48(71)38-69(52)59(74)49(60(2,3)4)34-47(70)14-9-8-10-16-56(72)68-29-27-67(28-30-68)45-23-25-66(26-24-45)46-22-21-43(53(33-46)76-5)32-55-62-37-50(61)51(65-55)31-44-13-11-12-15-54(44)77(6,7)75/h11-13,15,17-22,33,37,39,45,48-49,52,71H,8-10,14,16,23-32,34-36,38H2,1-7H3,(H,63,73)/t48-,49-,52+/m1/s1. The Hall–Kier alpha value is -5.51. The maximum atomic E-state index is 14.2.